The predicted octanol–water partition coefficient (Wildman–Crippen LogP) is 3.22. The summed E-state index contributed by atoms with van der Waals surface area (Å²) in [4.78, 5) is 44.0. The van der Waals surface area contributed by atoms with Crippen molar-refractivity contribution in [2.45, 2.75) is 37.2 Å². The number of fused-ring (bicyclic) bond motifs is 3. The van der Waals surface area contributed by atoms with Gasteiger partial charge in [-0.2, -0.15) is 0 Å². The quantitative estimate of drug-likeness (QED) is 0.198. The molecule has 0 unspecified atom stereocenters. The highest BCUT2D eigenvalue weighted by Crippen LogP contribution is 2.35. The van der Waals surface area contributed by atoms with Crippen molar-refractivity contribution in [1.82, 2.24) is 20.2 Å². The molecule has 4 aromatic rings. The van der Waals surface area contributed by atoms with Gasteiger partial charge in [-0.3, -0.25) is 19.0 Å². The Hall–Kier alpha value is -4.75. The number of rotatable bonds is 10. The molecule has 0 radical (unpaired) electrons. The molecule has 12 nitrogen and oxygen atoms in total. The van der Waals surface area contributed by atoms with Crippen molar-refractivity contribution in [2.24, 2.45) is 0 Å². The van der Waals surface area contributed by atoms with Crippen LogP contribution in [0.1, 0.15) is 34.3 Å². The fourth-order valence-electron chi connectivity index (χ4n) is 5.33. The van der Waals surface area contributed by atoms with Crippen LogP contribution >= 0.6 is 11.8 Å². The van der Waals surface area contributed by atoms with Gasteiger partial charge in [0.1, 0.15) is 0 Å². The summed E-state index contributed by atoms with van der Waals surface area (Å²) in [6.45, 7) is 1.95. The van der Waals surface area contributed by atoms with Gasteiger partial charge in [-0.15, -0.1) is 0 Å². The normalized spacial score (nSPS) is 16.2. The summed E-state index contributed by atoms with van der Waals surface area (Å²) in [6.07, 6.45) is 1.96. The van der Waals surface area contributed by atoms with Crippen molar-refractivity contribution in [3.63, 3.8) is 0 Å². The van der Waals surface area contributed by atoms with E-state index in [4.69, 9.17) is 28.7 Å². The summed E-state index contributed by atoms with van der Waals surface area (Å²) in [5.41, 5.74) is 2.34. The molecule has 0 bridgehead atoms. The molecule has 1 aromatic heterocycles. The molecule has 7 rings (SSSR count). The van der Waals surface area contributed by atoms with Crippen LogP contribution in [0.5, 0.6) is 23.0 Å². The molecule has 0 aliphatic carbocycles. The standard InChI is InChI=1S/C32H30N4O8S/c37-29(33-14-22-2-1-9-40-22)16-45-32-35-24-12-28-27(43-18-44-28)11-23(24)31(39)36(32)15-19-3-6-21(7-4-19)30(38)34-13-20-5-8-25-26(10-20)42-17-41-25/h3-8,10-12,22H,1-2,9,13-18H2,(H,33,37)(H,34,38)/t22-/m0/s1. The highest BCUT2D eigenvalue weighted by molar-refractivity contribution is 7.99. The molecule has 3 aliphatic heterocycles. The lowest BCUT2D eigenvalue weighted by molar-refractivity contribution is -0.119. The minimum Gasteiger partial charge on any atom is -0.454 e. The Labute approximate surface area is 262 Å². The van der Waals surface area contributed by atoms with Crippen LogP contribution in [-0.4, -0.2) is 60.0 Å². The van der Waals surface area contributed by atoms with Crippen molar-refractivity contribution in [2.75, 3.05) is 32.5 Å². The first-order chi connectivity index (χ1) is 22.0. The van der Waals surface area contributed by atoms with E-state index in [9.17, 15) is 14.4 Å². The molecule has 1 saturated heterocycles. The van der Waals surface area contributed by atoms with Gasteiger partial charge >= 0.3 is 0 Å². The van der Waals surface area contributed by atoms with E-state index in [1.54, 1.807) is 36.4 Å². The molecule has 45 heavy (non-hydrogen) atoms. The maximum absolute atomic E-state index is 13.8. The summed E-state index contributed by atoms with van der Waals surface area (Å²) >= 11 is 1.19. The molecule has 2 N–H and O–H groups in total. The van der Waals surface area contributed by atoms with E-state index >= 15 is 0 Å². The van der Waals surface area contributed by atoms with Gasteiger partial charge in [0.2, 0.25) is 19.5 Å². The third kappa shape index (κ3) is 6.40. The Kier molecular flexibility index (Phi) is 8.18. The number of aromatic nitrogens is 2. The first-order valence-electron chi connectivity index (χ1n) is 14.6. The number of carbonyl (C=O) groups is 2. The lowest BCUT2D eigenvalue weighted by Gasteiger charge is -2.15. The van der Waals surface area contributed by atoms with Gasteiger partial charge in [0.15, 0.2) is 28.2 Å². The van der Waals surface area contributed by atoms with Gasteiger partial charge < -0.3 is 34.3 Å². The van der Waals surface area contributed by atoms with Crippen molar-refractivity contribution < 1.29 is 33.3 Å². The lowest BCUT2D eigenvalue weighted by atomic mass is 10.1. The summed E-state index contributed by atoms with van der Waals surface area (Å²) in [5.74, 6) is 2.03. The third-order valence-corrected chi connectivity index (χ3v) is 8.72. The van der Waals surface area contributed by atoms with E-state index in [0.29, 0.717) is 64.3 Å². The van der Waals surface area contributed by atoms with Crippen LogP contribution in [0, 0.1) is 0 Å². The number of benzene rings is 3. The average molecular weight is 631 g/mol. The molecule has 3 aromatic carbocycles. The van der Waals surface area contributed by atoms with Crippen molar-refractivity contribution in [1.29, 1.82) is 0 Å². The fraction of sp³-hybridized carbons (Fsp3) is 0.312. The van der Waals surface area contributed by atoms with E-state index in [1.807, 2.05) is 18.2 Å². The number of nitrogens with one attached hydrogen (secondary N) is 2. The molecule has 13 heteroatoms. The van der Waals surface area contributed by atoms with Crippen LogP contribution in [0.4, 0.5) is 0 Å². The van der Waals surface area contributed by atoms with Crippen LogP contribution in [0.25, 0.3) is 10.9 Å². The smallest absolute Gasteiger partial charge is 0.262 e. The van der Waals surface area contributed by atoms with Gasteiger partial charge in [0.25, 0.3) is 11.5 Å². The third-order valence-electron chi connectivity index (χ3n) is 7.74. The van der Waals surface area contributed by atoms with Gasteiger partial charge in [0, 0.05) is 31.3 Å². The second kappa shape index (κ2) is 12.7. The van der Waals surface area contributed by atoms with E-state index in [0.717, 1.165) is 24.0 Å². The van der Waals surface area contributed by atoms with Gasteiger partial charge in [-0.05, 0) is 54.3 Å². The van der Waals surface area contributed by atoms with Crippen molar-refractivity contribution in [3.05, 3.63) is 81.6 Å². The summed E-state index contributed by atoms with van der Waals surface area (Å²) in [7, 11) is 0. The molecule has 1 atom stereocenters. The Bertz CT molecular complexity index is 1820. The van der Waals surface area contributed by atoms with Gasteiger partial charge in [0.05, 0.1) is 29.3 Å². The molecule has 0 saturated carbocycles. The van der Waals surface area contributed by atoms with Crippen LogP contribution in [-0.2, 0) is 22.6 Å². The second-order valence-electron chi connectivity index (χ2n) is 10.8. The predicted molar refractivity (Wildman–Crippen MR) is 164 cm³/mol. The number of carbonyl (C=O) groups excluding carboxylic acids is 2. The van der Waals surface area contributed by atoms with E-state index in [1.165, 1.54) is 16.3 Å². The molecular formula is C32H30N4O8S. The molecule has 1 fully saturated rings. The number of amides is 2. The fourth-order valence-corrected chi connectivity index (χ4v) is 6.16. The van der Waals surface area contributed by atoms with E-state index in [2.05, 4.69) is 10.6 Å². The number of hydrogen-bond acceptors (Lipinski definition) is 10. The van der Waals surface area contributed by atoms with Gasteiger partial charge in [-0.1, -0.05) is 30.0 Å². The van der Waals surface area contributed by atoms with Crippen LogP contribution in [0.2, 0.25) is 0 Å². The average Bonchev–Trinajstić information content (AvgIpc) is 3.85. The summed E-state index contributed by atoms with van der Waals surface area (Å²) < 4.78 is 28.8. The molecule has 3 aliphatic rings. The molecule has 232 valence electrons. The zero-order valence-corrected chi connectivity index (χ0v) is 25.0. The molecule has 4 heterocycles. The maximum atomic E-state index is 13.8. The zero-order valence-electron chi connectivity index (χ0n) is 24.2. The first kappa shape index (κ1) is 29.0. The topological polar surface area (TPSA) is 139 Å². The molecular weight excluding hydrogens is 600 g/mol. The Morgan fingerprint density at radius 1 is 0.889 bits per heavy atom. The van der Waals surface area contributed by atoms with Crippen molar-refractivity contribution in [3.8, 4) is 23.0 Å². The number of thioether (sulfide) groups is 1. The Morgan fingerprint density at radius 2 is 1.62 bits per heavy atom. The van der Waals surface area contributed by atoms with Crippen LogP contribution in [0.3, 0.4) is 0 Å². The largest absolute Gasteiger partial charge is 0.454 e. The number of hydrogen-bond donors (Lipinski definition) is 2. The van der Waals surface area contributed by atoms with Crippen LogP contribution in [0.15, 0.2) is 64.5 Å². The van der Waals surface area contributed by atoms with Crippen LogP contribution < -0.4 is 35.1 Å². The minimum absolute atomic E-state index is 0.0361. The highest BCUT2D eigenvalue weighted by Gasteiger charge is 2.21. The van der Waals surface area contributed by atoms with E-state index in [-0.39, 0.29) is 49.4 Å². The Morgan fingerprint density at radius 3 is 2.40 bits per heavy atom. The number of ether oxygens (including phenoxy) is 5. The maximum Gasteiger partial charge on any atom is 0.262 e. The SMILES string of the molecule is O=C(CSc1nc2cc3c(cc2c(=O)n1Cc1ccc(C(=O)NCc2ccc4c(c2)OCO4)cc1)OCO3)NC[C@@H]1CCCO1. The zero-order chi connectivity index (χ0) is 30.8. The molecule has 0 spiro atoms. The monoisotopic (exact) mass is 630 g/mol. The lowest BCUT2D eigenvalue weighted by Crippen LogP contribution is -2.33. The summed E-state index contributed by atoms with van der Waals surface area (Å²) in [6, 6.07) is 15.9. The second-order valence-corrected chi connectivity index (χ2v) is 11.7. The van der Waals surface area contributed by atoms with Gasteiger partial charge in [-0.25, -0.2) is 4.98 Å². The Balaban J connectivity index is 1.07. The highest BCUT2D eigenvalue weighted by atomic mass is 32.2. The minimum atomic E-state index is -0.272. The summed E-state index contributed by atoms with van der Waals surface area (Å²) in [5, 5.41) is 6.60. The molecule has 2 amide bonds. The first-order valence-corrected chi connectivity index (χ1v) is 15.6. The van der Waals surface area contributed by atoms with Crippen molar-refractivity contribution >= 4 is 34.5 Å². The van der Waals surface area contributed by atoms with E-state index < -0.39 is 0 Å². The number of nitrogens with zero attached hydrogens (tertiary/aromatic N) is 2.